The second kappa shape index (κ2) is 2.70. The van der Waals surface area contributed by atoms with Gasteiger partial charge in [-0.15, -0.1) is 0 Å². The van der Waals surface area contributed by atoms with Crippen LogP contribution in [0.25, 0.3) is 11.6 Å². The summed E-state index contributed by atoms with van der Waals surface area (Å²) in [4.78, 5) is 0. The lowest BCUT2D eigenvalue weighted by Gasteiger charge is -2.15. The van der Waals surface area contributed by atoms with Crippen LogP contribution in [0, 0.1) is 12.3 Å². The third-order valence-electron chi connectivity index (χ3n) is 2.36. The van der Waals surface area contributed by atoms with Crippen molar-refractivity contribution in [3.63, 3.8) is 0 Å². The summed E-state index contributed by atoms with van der Waals surface area (Å²) in [7, 11) is 0. The molecule has 0 saturated heterocycles. The van der Waals surface area contributed by atoms with Gasteiger partial charge < -0.3 is 5.41 Å². The highest BCUT2D eigenvalue weighted by atomic mass is 14.4. The Bertz CT molecular complexity index is 425. The SMILES string of the molecule is C=C1C(=N)C=Cc2cccc(C)c21. The molecule has 0 aliphatic heterocycles. The molecule has 0 saturated carbocycles. The van der Waals surface area contributed by atoms with E-state index in [0.717, 1.165) is 11.1 Å². The van der Waals surface area contributed by atoms with E-state index in [1.54, 1.807) is 6.08 Å². The molecule has 1 aliphatic carbocycles. The highest BCUT2D eigenvalue weighted by Gasteiger charge is 2.13. The van der Waals surface area contributed by atoms with E-state index in [2.05, 4.69) is 25.6 Å². The summed E-state index contributed by atoms with van der Waals surface area (Å²) in [5, 5.41) is 7.64. The Morgan fingerprint density at radius 1 is 1.23 bits per heavy atom. The maximum atomic E-state index is 7.64. The maximum absolute atomic E-state index is 7.64. The molecule has 0 spiro atoms. The van der Waals surface area contributed by atoms with Crippen LogP contribution in [0.5, 0.6) is 0 Å². The van der Waals surface area contributed by atoms with Crippen molar-refractivity contribution in [3.05, 3.63) is 47.5 Å². The summed E-state index contributed by atoms with van der Waals surface area (Å²) in [5.41, 5.74) is 4.82. The van der Waals surface area contributed by atoms with Gasteiger partial charge in [-0.3, -0.25) is 0 Å². The standard InChI is InChI=1S/C12H11N/c1-8-4-3-5-10-6-7-11(13)9(2)12(8)10/h3-7,13H,2H2,1H3. The van der Waals surface area contributed by atoms with E-state index >= 15 is 0 Å². The predicted molar refractivity (Wildman–Crippen MR) is 57.0 cm³/mol. The molecule has 0 atom stereocenters. The highest BCUT2D eigenvalue weighted by molar-refractivity contribution is 6.30. The molecule has 64 valence electrons. The van der Waals surface area contributed by atoms with Gasteiger partial charge in [0.25, 0.3) is 0 Å². The largest absolute Gasteiger partial charge is 0.300 e. The smallest absolute Gasteiger partial charge is 0.0612 e. The first kappa shape index (κ1) is 7.99. The second-order valence-electron chi connectivity index (χ2n) is 3.26. The molecule has 0 heterocycles. The molecule has 1 aromatic rings. The van der Waals surface area contributed by atoms with Gasteiger partial charge in [0, 0.05) is 5.57 Å². The lowest BCUT2D eigenvalue weighted by Crippen LogP contribution is -2.04. The van der Waals surface area contributed by atoms with E-state index in [9.17, 15) is 0 Å². The van der Waals surface area contributed by atoms with Gasteiger partial charge in [-0.2, -0.15) is 0 Å². The van der Waals surface area contributed by atoms with Crippen LogP contribution in [0.2, 0.25) is 0 Å². The molecular weight excluding hydrogens is 158 g/mol. The molecule has 1 heteroatoms. The fraction of sp³-hybridized carbons (Fsp3) is 0.0833. The van der Waals surface area contributed by atoms with E-state index in [0.29, 0.717) is 5.71 Å². The van der Waals surface area contributed by atoms with Crippen LogP contribution in [0.3, 0.4) is 0 Å². The van der Waals surface area contributed by atoms with Crippen molar-refractivity contribution >= 4 is 17.4 Å². The average Bonchev–Trinajstić information content (AvgIpc) is 2.12. The number of fused-ring (bicyclic) bond motifs is 1. The van der Waals surface area contributed by atoms with Crippen LogP contribution in [0.15, 0.2) is 30.9 Å². The topological polar surface area (TPSA) is 23.9 Å². The van der Waals surface area contributed by atoms with Crippen LogP contribution in [0.1, 0.15) is 16.7 Å². The fourth-order valence-corrected chi connectivity index (χ4v) is 1.65. The van der Waals surface area contributed by atoms with Crippen LogP contribution in [0.4, 0.5) is 0 Å². The minimum atomic E-state index is 0.516. The van der Waals surface area contributed by atoms with Gasteiger partial charge in [-0.25, -0.2) is 0 Å². The monoisotopic (exact) mass is 169 g/mol. The normalized spacial score (nSPS) is 14.5. The van der Waals surface area contributed by atoms with Gasteiger partial charge >= 0.3 is 0 Å². The Morgan fingerprint density at radius 2 is 2.00 bits per heavy atom. The van der Waals surface area contributed by atoms with Crippen LogP contribution >= 0.6 is 0 Å². The fourth-order valence-electron chi connectivity index (χ4n) is 1.65. The lowest BCUT2D eigenvalue weighted by atomic mass is 9.89. The van der Waals surface area contributed by atoms with Crippen molar-refractivity contribution in [2.45, 2.75) is 6.92 Å². The zero-order valence-electron chi connectivity index (χ0n) is 7.59. The second-order valence-corrected chi connectivity index (χ2v) is 3.26. The molecule has 0 unspecified atom stereocenters. The van der Waals surface area contributed by atoms with E-state index in [1.807, 2.05) is 12.1 Å². The number of hydrogen-bond donors (Lipinski definition) is 1. The molecule has 0 bridgehead atoms. The minimum Gasteiger partial charge on any atom is -0.300 e. The van der Waals surface area contributed by atoms with Gasteiger partial charge in [-0.05, 0) is 29.7 Å². The Balaban J connectivity index is 2.74. The number of hydrogen-bond acceptors (Lipinski definition) is 1. The number of rotatable bonds is 0. The molecule has 1 aromatic carbocycles. The van der Waals surface area contributed by atoms with Gasteiger partial charge in [0.15, 0.2) is 0 Å². The molecule has 0 aromatic heterocycles. The van der Waals surface area contributed by atoms with Crippen molar-refractivity contribution < 1.29 is 0 Å². The Morgan fingerprint density at radius 3 is 2.77 bits per heavy atom. The van der Waals surface area contributed by atoms with Gasteiger partial charge in [-0.1, -0.05) is 30.9 Å². The minimum absolute atomic E-state index is 0.516. The van der Waals surface area contributed by atoms with Crippen molar-refractivity contribution in [1.29, 1.82) is 5.41 Å². The van der Waals surface area contributed by atoms with Gasteiger partial charge in [0.2, 0.25) is 0 Å². The summed E-state index contributed by atoms with van der Waals surface area (Å²) in [5.74, 6) is 0. The number of benzene rings is 1. The van der Waals surface area contributed by atoms with Crippen LogP contribution in [-0.2, 0) is 0 Å². The molecule has 0 radical (unpaired) electrons. The van der Waals surface area contributed by atoms with Crippen molar-refractivity contribution in [2.75, 3.05) is 0 Å². The van der Waals surface area contributed by atoms with Crippen molar-refractivity contribution in [2.24, 2.45) is 0 Å². The first-order valence-electron chi connectivity index (χ1n) is 4.26. The summed E-state index contributed by atoms with van der Waals surface area (Å²) in [6, 6.07) is 6.13. The van der Waals surface area contributed by atoms with Crippen LogP contribution < -0.4 is 0 Å². The molecular formula is C12H11N. The summed E-state index contributed by atoms with van der Waals surface area (Å²) < 4.78 is 0. The maximum Gasteiger partial charge on any atom is 0.0612 e. The van der Waals surface area contributed by atoms with Crippen molar-refractivity contribution in [1.82, 2.24) is 0 Å². The van der Waals surface area contributed by atoms with E-state index < -0.39 is 0 Å². The summed E-state index contributed by atoms with van der Waals surface area (Å²) in [6.45, 7) is 5.97. The summed E-state index contributed by atoms with van der Waals surface area (Å²) >= 11 is 0. The Kier molecular flexibility index (Phi) is 1.66. The predicted octanol–water partition coefficient (Wildman–Crippen LogP) is 3.05. The number of allylic oxidation sites excluding steroid dienone is 2. The molecule has 1 nitrogen and oxygen atoms in total. The Labute approximate surface area is 77.9 Å². The molecule has 0 amide bonds. The third-order valence-corrected chi connectivity index (χ3v) is 2.36. The molecule has 0 fully saturated rings. The summed E-state index contributed by atoms with van der Waals surface area (Å²) in [6.07, 6.45) is 3.77. The highest BCUT2D eigenvalue weighted by Crippen LogP contribution is 2.27. The van der Waals surface area contributed by atoms with E-state index in [1.165, 1.54) is 11.1 Å². The molecule has 1 N–H and O–H groups in total. The quantitative estimate of drug-likeness (QED) is 0.617. The lowest BCUT2D eigenvalue weighted by molar-refractivity contribution is 1.40. The first-order chi connectivity index (χ1) is 6.20. The van der Waals surface area contributed by atoms with E-state index in [4.69, 9.17) is 5.41 Å². The number of aryl methyl sites for hydroxylation is 1. The molecule has 1 aliphatic rings. The van der Waals surface area contributed by atoms with Crippen LogP contribution in [-0.4, -0.2) is 5.71 Å². The van der Waals surface area contributed by atoms with Crippen molar-refractivity contribution in [3.8, 4) is 0 Å². The third kappa shape index (κ3) is 1.13. The first-order valence-corrected chi connectivity index (χ1v) is 4.26. The average molecular weight is 169 g/mol. The van der Waals surface area contributed by atoms with Gasteiger partial charge in [0.1, 0.15) is 0 Å². The molecule has 13 heavy (non-hydrogen) atoms. The zero-order chi connectivity index (χ0) is 9.42. The Hall–Kier alpha value is -1.63. The van der Waals surface area contributed by atoms with Gasteiger partial charge in [0.05, 0.1) is 5.71 Å². The zero-order valence-corrected chi connectivity index (χ0v) is 7.59. The van der Waals surface area contributed by atoms with E-state index in [-0.39, 0.29) is 0 Å². The molecule has 2 rings (SSSR count). The number of nitrogens with one attached hydrogen (secondary N) is 1.